The van der Waals surface area contributed by atoms with E-state index in [9.17, 15) is 20.0 Å². The van der Waals surface area contributed by atoms with Crippen LogP contribution >= 0.6 is 15.9 Å². The molecule has 0 atom stereocenters. The zero-order valence-corrected chi connectivity index (χ0v) is 15.5. The Morgan fingerprint density at radius 3 is 2.40 bits per heavy atom. The minimum atomic E-state index is -0.669. The number of phenols is 1. The van der Waals surface area contributed by atoms with Crippen molar-refractivity contribution in [1.29, 1.82) is 0 Å². The SMILES string of the molecule is CCC(=O)Nc1c(C)c(C)c([N+](=O)[O-])c(O)c1Oc1ccc(Br)cc1. The highest BCUT2D eigenvalue weighted by molar-refractivity contribution is 9.10. The number of nitro benzene ring substituents is 1. The number of anilines is 1. The van der Waals surface area contributed by atoms with Crippen LogP contribution in [0.4, 0.5) is 11.4 Å². The zero-order chi connectivity index (χ0) is 18.7. The molecular formula is C17H17BrN2O5. The van der Waals surface area contributed by atoms with Crippen LogP contribution in [-0.2, 0) is 4.79 Å². The molecule has 7 nitrogen and oxygen atoms in total. The van der Waals surface area contributed by atoms with Gasteiger partial charge in [0.05, 0.1) is 10.6 Å². The summed E-state index contributed by atoms with van der Waals surface area (Å²) in [6.45, 7) is 4.82. The van der Waals surface area contributed by atoms with Gasteiger partial charge in [0, 0.05) is 16.5 Å². The van der Waals surface area contributed by atoms with Gasteiger partial charge in [0.15, 0.2) is 5.75 Å². The number of aromatic hydroxyl groups is 1. The first-order valence-electron chi connectivity index (χ1n) is 7.50. The van der Waals surface area contributed by atoms with Crippen molar-refractivity contribution >= 4 is 33.2 Å². The molecule has 0 fully saturated rings. The predicted octanol–water partition coefficient (Wildman–Crippen LogP) is 4.82. The van der Waals surface area contributed by atoms with E-state index in [0.717, 1.165) is 4.47 Å². The summed E-state index contributed by atoms with van der Waals surface area (Å²) in [5.74, 6) is -0.708. The average Bonchev–Trinajstić information content (AvgIpc) is 2.57. The smallest absolute Gasteiger partial charge is 0.317 e. The van der Waals surface area contributed by atoms with Gasteiger partial charge in [0.2, 0.25) is 11.7 Å². The first kappa shape index (κ1) is 18.7. The van der Waals surface area contributed by atoms with E-state index in [1.54, 1.807) is 38.1 Å². The molecule has 8 heteroatoms. The molecule has 0 saturated heterocycles. The van der Waals surface area contributed by atoms with Crippen LogP contribution in [-0.4, -0.2) is 15.9 Å². The van der Waals surface area contributed by atoms with Crippen LogP contribution in [0.1, 0.15) is 24.5 Å². The molecule has 0 heterocycles. The molecule has 2 rings (SSSR count). The summed E-state index contributed by atoms with van der Waals surface area (Å²) in [5, 5.41) is 24.4. The second-order valence-corrected chi connectivity index (χ2v) is 6.28. The number of phenolic OH excluding ortho intramolecular Hbond substituents is 1. The number of amides is 1. The van der Waals surface area contributed by atoms with Gasteiger partial charge in [-0.1, -0.05) is 22.9 Å². The number of nitro groups is 1. The highest BCUT2D eigenvalue weighted by Crippen LogP contribution is 2.48. The number of ether oxygens (including phenoxy) is 1. The van der Waals surface area contributed by atoms with Gasteiger partial charge in [0.1, 0.15) is 5.75 Å². The van der Waals surface area contributed by atoms with E-state index in [-0.39, 0.29) is 29.3 Å². The molecule has 25 heavy (non-hydrogen) atoms. The van der Waals surface area contributed by atoms with Crippen LogP contribution in [0.5, 0.6) is 17.2 Å². The third-order valence-electron chi connectivity index (χ3n) is 3.76. The summed E-state index contributed by atoms with van der Waals surface area (Å²) >= 11 is 3.30. The van der Waals surface area contributed by atoms with Crippen LogP contribution in [0.15, 0.2) is 28.7 Å². The number of nitrogens with zero attached hydrogens (tertiary/aromatic N) is 1. The third kappa shape index (κ3) is 3.90. The van der Waals surface area contributed by atoms with Gasteiger partial charge in [-0.2, -0.15) is 0 Å². The van der Waals surface area contributed by atoms with E-state index >= 15 is 0 Å². The average molecular weight is 409 g/mol. The summed E-state index contributed by atoms with van der Waals surface area (Å²) in [7, 11) is 0. The lowest BCUT2D eigenvalue weighted by molar-refractivity contribution is -0.386. The lowest BCUT2D eigenvalue weighted by Crippen LogP contribution is -2.13. The van der Waals surface area contributed by atoms with E-state index in [2.05, 4.69) is 21.2 Å². The molecule has 0 saturated carbocycles. The lowest BCUT2D eigenvalue weighted by atomic mass is 10.0. The third-order valence-corrected chi connectivity index (χ3v) is 4.29. The Morgan fingerprint density at radius 2 is 1.88 bits per heavy atom. The predicted molar refractivity (Wildman–Crippen MR) is 97.4 cm³/mol. The van der Waals surface area contributed by atoms with Crippen molar-refractivity contribution in [2.24, 2.45) is 0 Å². The van der Waals surface area contributed by atoms with Gasteiger partial charge in [-0.25, -0.2) is 0 Å². The Bertz CT molecular complexity index is 834. The van der Waals surface area contributed by atoms with Crippen molar-refractivity contribution in [3.8, 4) is 17.2 Å². The van der Waals surface area contributed by atoms with Crippen molar-refractivity contribution in [1.82, 2.24) is 0 Å². The molecule has 0 unspecified atom stereocenters. The Hall–Kier alpha value is -2.61. The molecule has 2 aromatic rings. The lowest BCUT2D eigenvalue weighted by Gasteiger charge is -2.18. The van der Waals surface area contributed by atoms with E-state index in [4.69, 9.17) is 4.74 Å². The molecule has 0 aromatic heterocycles. The molecule has 2 aromatic carbocycles. The second kappa shape index (κ2) is 7.52. The van der Waals surface area contributed by atoms with Crippen LogP contribution in [0.2, 0.25) is 0 Å². The molecule has 0 aliphatic rings. The van der Waals surface area contributed by atoms with Gasteiger partial charge in [-0.05, 0) is 43.7 Å². The molecule has 2 N–H and O–H groups in total. The van der Waals surface area contributed by atoms with Crippen LogP contribution in [0.25, 0.3) is 0 Å². The summed E-state index contributed by atoms with van der Waals surface area (Å²) in [6, 6.07) is 6.73. The quantitative estimate of drug-likeness (QED) is 0.545. The molecule has 1 amide bonds. The summed E-state index contributed by atoms with van der Waals surface area (Å²) in [6.07, 6.45) is 0.216. The van der Waals surface area contributed by atoms with Crippen molar-refractivity contribution in [3.63, 3.8) is 0 Å². The fourth-order valence-electron chi connectivity index (χ4n) is 2.26. The fraction of sp³-hybridized carbons (Fsp3) is 0.235. The second-order valence-electron chi connectivity index (χ2n) is 5.37. The maximum Gasteiger partial charge on any atom is 0.317 e. The number of hydrogen-bond acceptors (Lipinski definition) is 5. The summed E-state index contributed by atoms with van der Waals surface area (Å²) < 4.78 is 6.51. The minimum Gasteiger partial charge on any atom is -0.499 e. The summed E-state index contributed by atoms with van der Waals surface area (Å²) in [5.41, 5.74) is 0.491. The molecule has 0 spiro atoms. The largest absolute Gasteiger partial charge is 0.499 e. The van der Waals surface area contributed by atoms with E-state index in [1.807, 2.05) is 0 Å². The molecule has 0 bridgehead atoms. The van der Waals surface area contributed by atoms with Gasteiger partial charge in [0.25, 0.3) is 0 Å². The van der Waals surface area contributed by atoms with E-state index in [1.165, 1.54) is 6.92 Å². The number of rotatable bonds is 5. The number of benzene rings is 2. The Morgan fingerprint density at radius 1 is 1.28 bits per heavy atom. The fourth-order valence-corrected chi connectivity index (χ4v) is 2.52. The van der Waals surface area contributed by atoms with Crippen LogP contribution in [0.3, 0.4) is 0 Å². The number of hydrogen-bond donors (Lipinski definition) is 2. The molecule has 0 aliphatic carbocycles. The highest BCUT2D eigenvalue weighted by atomic mass is 79.9. The summed E-state index contributed by atoms with van der Waals surface area (Å²) in [4.78, 5) is 22.5. The molecular weight excluding hydrogens is 392 g/mol. The van der Waals surface area contributed by atoms with Crippen LogP contribution in [0, 0.1) is 24.0 Å². The Balaban J connectivity index is 2.65. The monoisotopic (exact) mass is 408 g/mol. The Kier molecular flexibility index (Phi) is 5.63. The minimum absolute atomic E-state index is 0.154. The van der Waals surface area contributed by atoms with Gasteiger partial charge in [-0.3, -0.25) is 14.9 Å². The standard InChI is InChI=1S/C17H17BrN2O5/c1-4-13(21)19-14-9(2)10(3)15(20(23)24)16(22)17(14)25-12-7-5-11(18)6-8-12/h5-8,22H,4H2,1-3H3,(H,19,21). The van der Waals surface area contributed by atoms with Crippen molar-refractivity contribution < 1.29 is 19.6 Å². The molecule has 132 valence electrons. The topological polar surface area (TPSA) is 102 Å². The maximum absolute atomic E-state index is 11.8. The van der Waals surface area contributed by atoms with Crippen molar-refractivity contribution in [3.05, 3.63) is 50.0 Å². The first-order chi connectivity index (χ1) is 11.8. The maximum atomic E-state index is 11.8. The number of carbonyl (C=O) groups is 1. The molecule has 0 radical (unpaired) electrons. The van der Waals surface area contributed by atoms with Gasteiger partial charge in [-0.15, -0.1) is 0 Å². The van der Waals surface area contributed by atoms with E-state index in [0.29, 0.717) is 11.3 Å². The Labute approximate surface area is 152 Å². The van der Waals surface area contributed by atoms with Gasteiger partial charge >= 0.3 is 5.69 Å². The van der Waals surface area contributed by atoms with Gasteiger partial charge < -0.3 is 15.2 Å². The van der Waals surface area contributed by atoms with Crippen LogP contribution < -0.4 is 10.1 Å². The normalized spacial score (nSPS) is 10.4. The highest BCUT2D eigenvalue weighted by Gasteiger charge is 2.29. The number of nitrogens with one attached hydrogen (secondary N) is 1. The number of carbonyl (C=O) groups excluding carboxylic acids is 1. The zero-order valence-electron chi connectivity index (χ0n) is 13.9. The first-order valence-corrected chi connectivity index (χ1v) is 8.29. The van der Waals surface area contributed by atoms with E-state index < -0.39 is 16.4 Å². The van der Waals surface area contributed by atoms with Crippen molar-refractivity contribution in [2.45, 2.75) is 27.2 Å². The van der Waals surface area contributed by atoms with Crippen molar-refractivity contribution in [2.75, 3.05) is 5.32 Å². The number of halogens is 1. The molecule has 0 aliphatic heterocycles.